The molecule has 1 heterocycles. The van der Waals surface area contributed by atoms with Gasteiger partial charge in [-0.2, -0.15) is 0 Å². The van der Waals surface area contributed by atoms with Gasteiger partial charge in [0.1, 0.15) is 0 Å². The molecule has 7 nitrogen and oxygen atoms in total. The van der Waals surface area contributed by atoms with Gasteiger partial charge in [0.15, 0.2) is 4.60 Å². The third-order valence-corrected chi connectivity index (χ3v) is 5.47. The van der Waals surface area contributed by atoms with Crippen molar-refractivity contribution in [3.05, 3.63) is 4.60 Å². The van der Waals surface area contributed by atoms with Crippen molar-refractivity contribution in [1.29, 1.82) is 0 Å². The fourth-order valence-electron chi connectivity index (χ4n) is 1.33. The average Bonchev–Trinajstić information content (AvgIpc) is 2.55. The number of sulfonamides is 1. The summed E-state index contributed by atoms with van der Waals surface area (Å²) in [5.41, 5.74) is 0. The molecule has 0 amide bonds. The summed E-state index contributed by atoms with van der Waals surface area (Å²) in [7, 11) is -3.12. The SMILES string of the molecule is CC(CCS(C)=O)NS(=O)(=O)c1c(Br)nnn1C. The Balaban J connectivity index is 2.80. The maximum Gasteiger partial charge on any atom is 0.260 e. The van der Waals surface area contributed by atoms with E-state index in [9.17, 15) is 12.6 Å². The molecule has 0 saturated carbocycles. The Kier molecular flexibility index (Phi) is 5.44. The highest BCUT2D eigenvalue weighted by atomic mass is 79.9. The molecule has 0 aromatic carbocycles. The second kappa shape index (κ2) is 6.22. The summed E-state index contributed by atoms with van der Waals surface area (Å²) in [6, 6.07) is -0.305. The van der Waals surface area contributed by atoms with Crippen molar-refractivity contribution in [3.8, 4) is 0 Å². The molecule has 1 aromatic rings. The molecule has 1 N–H and O–H groups in total. The Morgan fingerprint density at radius 2 is 2.17 bits per heavy atom. The average molecular weight is 359 g/mol. The van der Waals surface area contributed by atoms with E-state index in [1.807, 2.05) is 0 Å². The zero-order chi connectivity index (χ0) is 13.9. The topological polar surface area (TPSA) is 93.9 Å². The number of nitrogens with one attached hydrogen (secondary N) is 1. The van der Waals surface area contributed by atoms with E-state index in [-0.39, 0.29) is 15.7 Å². The Morgan fingerprint density at radius 3 is 2.61 bits per heavy atom. The lowest BCUT2D eigenvalue weighted by Crippen LogP contribution is -2.34. The van der Waals surface area contributed by atoms with Crippen LogP contribution in [0.3, 0.4) is 0 Å². The van der Waals surface area contributed by atoms with Crippen LogP contribution in [0.15, 0.2) is 9.63 Å². The van der Waals surface area contributed by atoms with Crippen molar-refractivity contribution in [2.45, 2.75) is 24.4 Å². The molecule has 0 saturated heterocycles. The van der Waals surface area contributed by atoms with Crippen LogP contribution in [-0.2, 0) is 27.9 Å². The Labute approximate surface area is 117 Å². The molecule has 0 spiro atoms. The van der Waals surface area contributed by atoms with Gasteiger partial charge in [-0.3, -0.25) is 4.21 Å². The first-order valence-corrected chi connectivity index (χ1v) is 9.12. The van der Waals surface area contributed by atoms with E-state index in [1.165, 1.54) is 11.7 Å². The highest BCUT2D eigenvalue weighted by Crippen LogP contribution is 2.18. The van der Waals surface area contributed by atoms with Gasteiger partial charge >= 0.3 is 0 Å². The molecule has 2 atom stereocenters. The summed E-state index contributed by atoms with van der Waals surface area (Å²) in [5.74, 6) is 0.453. The van der Waals surface area contributed by atoms with E-state index >= 15 is 0 Å². The molecule has 1 aromatic heterocycles. The van der Waals surface area contributed by atoms with Crippen molar-refractivity contribution in [1.82, 2.24) is 19.7 Å². The third-order valence-electron chi connectivity index (χ3n) is 2.19. The van der Waals surface area contributed by atoms with Gasteiger partial charge in [0.2, 0.25) is 5.03 Å². The van der Waals surface area contributed by atoms with E-state index in [1.54, 1.807) is 13.2 Å². The molecule has 0 fully saturated rings. The number of rotatable bonds is 6. The number of hydrogen-bond acceptors (Lipinski definition) is 5. The molecule has 0 aliphatic carbocycles. The summed E-state index contributed by atoms with van der Waals surface area (Å²) in [6.07, 6.45) is 2.09. The first-order valence-electron chi connectivity index (χ1n) is 5.11. The Hall–Kier alpha value is -0.320. The minimum Gasteiger partial charge on any atom is -0.260 e. The van der Waals surface area contributed by atoms with Crippen LogP contribution in [-0.4, -0.2) is 45.7 Å². The third kappa shape index (κ3) is 4.11. The van der Waals surface area contributed by atoms with Crippen LogP contribution in [0.1, 0.15) is 13.3 Å². The highest BCUT2D eigenvalue weighted by Gasteiger charge is 2.25. The molecule has 10 heteroatoms. The van der Waals surface area contributed by atoms with Crippen LogP contribution >= 0.6 is 15.9 Å². The van der Waals surface area contributed by atoms with E-state index in [4.69, 9.17) is 0 Å². The maximum absolute atomic E-state index is 12.1. The summed E-state index contributed by atoms with van der Waals surface area (Å²) in [6.45, 7) is 1.72. The first kappa shape index (κ1) is 15.7. The highest BCUT2D eigenvalue weighted by molar-refractivity contribution is 9.10. The van der Waals surface area contributed by atoms with Gasteiger partial charge in [0.05, 0.1) is 0 Å². The predicted molar refractivity (Wildman–Crippen MR) is 72.0 cm³/mol. The van der Waals surface area contributed by atoms with Crippen LogP contribution < -0.4 is 4.72 Å². The molecule has 18 heavy (non-hydrogen) atoms. The number of halogens is 1. The number of hydrogen-bond donors (Lipinski definition) is 1. The Bertz CT molecular complexity index is 523. The molecule has 0 radical (unpaired) electrons. The summed E-state index contributed by atoms with van der Waals surface area (Å²) in [4.78, 5) is 0. The van der Waals surface area contributed by atoms with Gasteiger partial charge in [-0.05, 0) is 29.3 Å². The van der Waals surface area contributed by atoms with E-state index in [2.05, 4.69) is 31.0 Å². The van der Waals surface area contributed by atoms with Crippen LogP contribution in [0, 0.1) is 0 Å². The zero-order valence-electron chi connectivity index (χ0n) is 10.3. The maximum atomic E-state index is 12.1. The van der Waals surface area contributed by atoms with Crippen molar-refractivity contribution in [2.24, 2.45) is 7.05 Å². The number of nitrogens with zero attached hydrogens (tertiary/aromatic N) is 3. The molecule has 2 unspecified atom stereocenters. The molecular formula is C8H15BrN4O3S2. The molecule has 0 aliphatic rings. The van der Waals surface area contributed by atoms with Gasteiger partial charge in [-0.1, -0.05) is 5.21 Å². The standard InChI is InChI=1S/C8H15BrN4O3S2/c1-6(4-5-17(3)14)11-18(15,16)8-7(9)10-12-13(8)2/h6,11H,4-5H2,1-3H3. The minimum atomic E-state index is -3.68. The molecule has 0 aliphatic heterocycles. The number of aryl methyl sites for hydroxylation is 1. The van der Waals surface area contributed by atoms with Crippen LogP contribution in [0.2, 0.25) is 0 Å². The van der Waals surface area contributed by atoms with Gasteiger partial charge in [-0.15, -0.1) is 5.10 Å². The van der Waals surface area contributed by atoms with Crippen molar-refractivity contribution >= 4 is 36.8 Å². The predicted octanol–water partition coefficient (Wildman–Crippen LogP) is 0.0130. The lowest BCUT2D eigenvalue weighted by atomic mass is 10.3. The summed E-state index contributed by atoms with van der Waals surface area (Å²) in [5, 5.41) is 7.22. The molecular weight excluding hydrogens is 344 g/mol. The molecule has 1 rings (SSSR count). The molecule has 104 valence electrons. The van der Waals surface area contributed by atoms with Crippen LogP contribution in [0.25, 0.3) is 0 Å². The van der Waals surface area contributed by atoms with E-state index < -0.39 is 20.8 Å². The van der Waals surface area contributed by atoms with Crippen molar-refractivity contribution in [2.75, 3.05) is 12.0 Å². The second-order valence-electron chi connectivity index (χ2n) is 3.90. The molecule has 0 bridgehead atoms. The van der Waals surface area contributed by atoms with Crippen molar-refractivity contribution in [3.63, 3.8) is 0 Å². The van der Waals surface area contributed by atoms with Crippen molar-refractivity contribution < 1.29 is 12.6 Å². The Morgan fingerprint density at radius 1 is 1.56 bits per heavy atom. The lowest BCUT2D eigenvalue weighted by Gasteiger charge is -2.13. The monoisotopic (exact) mass is 358 g/mol. The summed E-state index contributed by atoms with van der Waals surface area (Å²) >= 11 is 3.04. The smallest absolute Gasteiger partial charge is 0.260 e. The normalized spacial score (nSPS) is 15.6. The van der Waals surface area contributed by atoms with Gasteiger partial charge in [-0.25, -0.2) is 17.8 Å². The quantitative estimate of drug-likeness (QED) is 0.773. The lowest BCUT2D eigenvalue weighted by molar-refractivity contribution is 0.539. The fourth-order valence-corrected chi connectivity index (χ4v) is 4.39. The largest absolute Gasteiger partial charge is 0.260 e. The summed E-state index contributed by atoms with van der Waals surface area (Å²) < 4.78 is 38.9. The van der Waals surface area contributed by atoms with E-state index in [0.29, 0.717) is 12.2 Å². The fraction of sp³-hybridized carbons (Fsp3) is 0.750. The van der Waals surface area contributed by atoms with Crippen LogP contribution in [0.5, 0.6) is 0 Å². The minimum absolute atomic E-state index is 0.0213. The van der Waals surface area contributed by atoms with Gasteiger partial charge in [0.25, 0.3) is 10.0 Å². The van der Waals surface area contributed by atoms with Gasteiger partial charge < -0.3 is 0 Å². The first-order chi connectivity index (χ1) is 8.24. The van der Waals surface area contributed by atoms with E-state index in [0.717, 1.165) is 0 Å². The number of aromatic nitrogens is 3. The van der Waals surface area contributed by atoms with Crippen LogP contribution in [0.4, 0.5) is 0 Å². The second-order valence-corrected chi connectivity index (χ2v) is 7.83. The van der Waals surface area contributed by atoms with Gasteiger partial charge in [0, 0.05) is 35.9 Å². The zero-order valence-corrected chi connectivity index (χ0v) is 13.5.